The summed E-state index contributed by atoms with van der Waals surface area (Å²) in [5, 5.41) is 34.2. The van der Waals surface area contributed by atoms with Gasteiger partial charge in [-0.05, 0) is 124 Å². The number of carbonyl (C=O) groups is 3. The van der Waals surface area contributed by atoms with Gasteiger partial charge in [-0.25, -0.2) is 33.7 Å². The quantitative estimate of drug-likeness (QED) is 0.0795. The van der Waals surface area contributed by atoms with Gasteiger partial charge in [0, 0.05) is 86.3 Å². The highest BCUT2D eigenvalue weighted by Crippen LogP contribution is 2.44. The molecule has 3 saturated heterocycles. The molecule has 1 aromatic carbocycles. The van der Waals surface area contributed by atoms with Crippen LogP contribution in [0, 0.1) is 12.7 Å². The van der Waals surface area contributed by atoms with Gasteiger partial charge in [0.1, 0.15) is 24.2 Å². The van der Waals surface area contributed by atoms with Crippen LogP contribution in [0.4, 0.5) is 97.0 Å². The van der Waals surface area contributed by atoms with Crippen LogP contribution in [0.2, 0.25) is 0 Å². The molecule has 8 aromatic heterocycles. The zero-order valence-corrected chi connectivity index (χ0v) is 52.7. The fourth-order valence-electron chi connectivity index (χ4n) is 12.7. The van der Waals surface area contributed by atoms with Crippen LogP contribution in [0.15, 0.2) is 147 Å². The number of urea groups is 3. The van der Waals surface area contributed by atoms with Crippen molar-refractivity contribution in [2.45, 2.75) is 75.6 Å². The second-order valence-corrected chi connectivity index (χ2v) is 24.0. The number of amides is 6. The van der Waals surface area contributed by atoms with Crippen molar-refractivity contribution in [2.24, 2.45) is 0 Å². The van der Waals surface area contributed by atoms with E-state index in [2.05, 4.69) is 75.7 Å². The number of hydrogen-bond donors (Lipinski definition) is 5. The molecular weight excluding hydrogens is 1300 g/mol. The number of nitrogens with zero attached hydrogens (tertiary/aromatic N) is 16. The predicted octanol–water partition coefficient (Wildman–Crippen LogP) is 10.9. The first-order valence-corrected chi connectivity index (χ1v) is 31.6. The molecule has 5 N–H and O–H groups in total. The number of halogens is 7. The van der Waals surface area contributed by atoms with Crippen molar-refractivity contribution >= 4 is 69.9 Å². The molecule has 510 valence electrons. The molecule has 6 aliphatic heterocycles. The minimum atomic E-state index is -4.56. The Morgan fingerprint density at radius 3 is 1.70 bits per heavy atom. The normalized spacial score (nSPS) is 17.5. The number of aromatic nitrogens is 10. The molecule has 99 heavy (non-hydrogen) atoms. The Bertz CT molecular complexity index is 4470. The number of nitrogens with one attached hydrogen (secondary N) is 3. The topological polar surface area (TPSA) is 285 Å². The van der Waals surface area contributed by atoms with E-state index < -0.39 is 54.2 Å². The molecule has 0 spiro atoms. The summed E-state index contributed by atoms with van der Waals surface area (Å²) in [6.07, 6.45) is 3.69. The predicted molar refractivity (Wildman–Crippen MR) is 352 cm³/mol. The summed E-state index contributed by atoms with van der Waals surface area (Å²) in [4.78, 5) is 84.9. The zero-order valence-electron chi connectivity index (χ0n) is 52.7. The van der Waals surface area contributed by atoms with Crippen LogP contribution >= 0.6 is 0 Å². The summed E-state index contributed by atoms with van der Waals surface area (Å²) in [5.74, 6) is 1.32. The van der Waals surface area contributed by atoms with E-state index in [9.17, 15) is 50.2 Å². The third-order valence-corrected chi connectivity index (χ3v) is 17.2. The highest BCUT2D eigenvalue weighted by atomic mass is 19.4. The number of carbonyl (C=O) groups excluding carboxylic acids is 3. The first kappa shape index (κ1) is 66.3. The average molecular weight is 1360 g/mol. The lowest BCUT2D eigenvalue weighted by molar-refractivity contribution is -0.141. The summed E-state index contributed by atoms with van der Waals surface area (Å²) in [7, 11) is 0. The standard InChI is InChI=1S/C24H23F3N6O4.C22H21FN6O.C21H18F3N7O/c25-24(26,27)15-3-1-2-14(8-15)18-4-5-19-22(29-18)33(16-6-7-32(19)11-16)23(36)31-20-9-28-10-21(30-20)37-13-17(35)12-34;1-14-9-15(6-7-25-14)19-4-5-20-21(27-19)29(18-3-2-8-28(20)13-18)22(30)26-17-10-16(23)11-24-12-17;22-21(23,24)17-11-13(7-9-25-17)15-5-6-16-19(27-15)31(14-3-2-10-30(16)12-14)20(32)28-18-4-1-8-26-29-18/h1-5,8-10,16-17,34-35H,6-7,11-13H2,(H,30,31,36);4-7,9-12,18H,2-3,8,13H2,1H3,(H,26,30);1,4-9,11,14H,2-3,10,12H2,(H,28,29,32)/t16-,17-;18-;14-/m000/s1. The van der Waals surface area contributed by atoms with Gasteiger partial charge in [-0.2, -0.15) is 36.4 Å². The minimum absolute atomic E-state index is 0.00898. The summed E-state index contributed by atoms with van der Waals surface area (Å²) in [6, 6.07) is 25.1. The molecule has 15 rings (SSSR count). The Labute approximate surface area is 560 Å². The molecule has 6 aliphatic rings. The fourth-order valence-corrected chi connectivity index (χ4v) is 12.7. The molecule has 4 atom stereocenters. The van der Waals surface area contributed by atoms with Crippen LogP contribution in [0.3, 0.4) is 0 Å². The van der Waals surface area contributed by atoms with Crippen molar-refractivity contribution in [3.63, 3.8) is 0 Å². The maximum atomic E-state index is 13.5. The molecule has 32 heteroatoms. The Hall–Kier alpha value is -11.3. The highest BCUT2D eigenvalue weighted by Gasteiger charge is 2.43. The molecular formula is C67H62F7N19O6. The van der Waals surface area contributed by atoms with Gasteiger partial charge in [0.2, 0.25) is 5.88 Å². The van der Waals surface area contributed by atoms with Gasteiger partial charge in [-0.3, -0.25) is 45.3 Å². The van der Waals surface area contributed by atoms with Gasteiger partial charge in [0.05, 0.1) is 94.9 Å². The summed E-state index contributed by atoms with van der Waals surface area (Å²) < 4.78 is 97.9. The van der Waals surface area contributed by atoms with Crippen molar-refractivity contribution < 1.29 is 60.1 Å². The van der Waals surface area contributed by atoms with Gasteiger partial charge in [-0.15, -0.1) is 5.10 Å². The number of piperidine rings is 2. The number of rotatable bonds is 10. The van der Waals surface area contributed by atoms with E-state index in [0.29, 0.717) is 72.1 Å². The molecule has 6 bridgehead atoms. The number of anilines is 9. The van der Waals surface area contributed by atoms with Crippen molar-refractivity contribution in [2.75, 3.05) is 97.8 Å². The van der Waals surface area contributed by atoms with Gasteiger partial charge >= 0.3 is 30.4 Å². The molecule has 6 amide bonds. The first-order chi connectivity index (χ1) is 47.7. The number of aliphatic hydroxyl groups excluding tert-OH is 2. The number of aliphatic hydroxyl groups is 2. The second kappa shape index (κ2) is 28.1. The monoisotopic (exact) mass is 1360 g/mol. The van der Waals surface area contributed by atoms with E-state index in [-0.39, 0.29) is 53.6 Å². The summed E-state index contributed by atoms with van der Waals surface area (Å²) in [5.41, 5.74) is 4.79. The number of alkyl halides is 6. The lowest BCUT2D eigenvalue weighted by atomic mass is 9.99. The summed E-state index contributed by atoms with van der Waals surface area (Å²) in [6.45, 7) is 5.76. The lowest BCUT2D eigenvalue weighted by Crippen LogP contribution is -2.56. The van der Waals surface area contributed by atoms with E-state index in [0.717, 1.165) is 104 Å². The van der Waals surface area contributed by atoms with Crippen LogP contribution in [0.1, 0.15) is 49.1 Å². The Kier molecular flexibility index (Phi) is 18.8. The Balaban J connectivity index is 0.000000134. The van der Waals surface area contributed by atoms with Crippen LogP contribution in [-0.2, 0) is 12.4 Å². The SMILES string of the molecule is Cc1cc(-c2ccc3c(n2)N(C(=O)Nc2cncc(F)c2)[C@H]2CCCN3C2)ccn1.O=C(Nc1cccnn1)N1c2nc(-c3ccnc(C(F)(F)F)c3)ccc2N2CCC[C@H]1C2.O=C(Nc1cncc(OC[C@@H](O)CO)n1)N1c2nc(-c3cccc(C(F)(F)F)c3)ccc2N2CC[C@H]1C2. The maximum Gasteiger partial charge on any atom is 0.433 e. The van der Waals surface area contributed by atoms with E-state index in [1.54, 1.807) is 58.5 Å². The minimum Gasteiger partial charge on any atom is -0.474 e. The van der Waals surface area contributed by atoms with E-state index >= 15 is 0 Å². The highest BCUT2D eigenvalue weighted by molar-refractivity contribution is 6.06. The van der Waals surface area contributed by atoms with E-state index in [4.69, 9.17) is 14.8 Å². The number of pyridine rings is 6. The second-order valence-electron chi connectivity index (χ2n) is 24.0. The van der Waals surface area contributed by atoms with Crippen LogP contribution < -0.4 is 50.1 Å². The lowest BCUT2D eigenvalue weighted by Gasteiger charge is -2.45. The maximum absolute atomic E-state index is 13.5. The largest absolute Gasteiger partial charge is 0.474 e. The average Bonchev–Trinajstić information content (AvgIpc) is 1.62. The number of fused-ring (bicyclic) bond motifs is 12. The molecule has 9 aromatic rings. The van der Waals surface area contributed by atoms with Crippen molar-refractivity contribution in [3.8, 4) is 39.7 Å². The van der Waals surface area contributed by atoms with Crippen LogP contribution in [0.25, 0.3) is 33.8 Å². The molecule has 3 fully saturated rings. The molecule has 0 radical (unpaired) electrons. The Morgan fingerprint density at radius 1 is 0.576 bits per heavy atom. The van der Waals surface area contributed by atoms with E-state index in [1.807, 2.05) is 31.2 Å². The van der Waals surface area contributed by atoms with Crippen molar-refractivity contribution in [1.29, 1.82) is 0 Å². The third-order valence-electron chi connectivity index (χ3n) is 17.2. The van der Waals surface area contributed by atoms with Gasteiger partial charge < -0.3 is 35.0 Å². The fraction of sp³-hybridized carbons (Fsp3) is 0.299. The Morgan fingerprint density at radius 2 is 1.13 bits per heavy atom. The zero-order chi connectivity index (χ0) is 69.1. The molecule has 0 aliphatic carbocycles. The van der Waals surface area contributed by atoms with Gasteiger partial charge in [0.15, 0.2) is 29.1 Å². The number of hydrogen-bond acceptors (Lipinski definition) is 19. The van der Waals surface area contributed by atoms with Crippen molar-refractivity contribution in [3.05, 3.63) is 169 Å². The third kappa shape index (κ3) is 14.7. The van der Waals surface area contributed by atoms with Crippen molar-refractivity contribution in [1.82, 2.24) is 50.1 Å². The summed E-state index contributed by atoms with van der Waals surface area (Å²) >= 11 is 0. The smallest absolute Gasteiger partial charge is 0.433 e. The van der Waals surface area contributed by atoms with Gasteiger partial charge in [-0.1, -0.05) is 12.1 Å². The molecule has 0 unspecified atom stereocenters. The van der Waals surface area contributed by atoms with Crippen LogP contribution in [0.5, 0.6) is 5.88 Å². The molecule has 25 nitrogen and oxygen atoms in total. The number of aryl methyl sites for hydroxylation is 1. The number of benzene rings is 1. The van der Waals surface area contributed by atoms with E-state index in [1.165, 1.54) is 47.9 Å². The first-order valence-electron chi connectivity index (χ1n) is 31.6. The molecule has 0 saturated carbocycles. The van der Waals surface area contributed by atoms with Crippen LogP contribution in [-0.4, -0.2) is 155 Å². The number of ether oxygens (including phenoxy) is 1. The molecule has 14 heterocycles. The van der Waals surface area contributed by atoms with Gasteiger partial charge in [0.25, 0.3) is 0 Å².